The van der Waals surface area contributed by atoms with E-state index in [0.29, 0.717) is 0 Å². The van der Waals surface area contributed by atoms with E-state index in [-0.39, 0.29) is 11.6 Å². The van der Waals surface area contributed by atoms with Gasteiger partial charge in [-0.05, 0) is 61.9 Å². The molecule has 1 aliphatic heterocycles. The minimum atomic E-state index is -0.263. The highest BCUT2D eigenvalue weighted by atomic mass is 79.9. The quantitative estimate of drug-likeness (QED) is 0.765. The van der Waals surface area contributed by atoms with Crippen molar-refractivity contribution in [1.29, 1.82) is 0 Å². The van der Waals surface area contributed by atoms with Crippen LogP contribution in [0.25, 0.3) is 0 Å². The van der Waals surface area contributed by atoms with Crippen molar-refractivity contribution in [2.45, 2.75) is 37.6 Å². The summed E-state index contributed by atoms with van der Waals surface area (Å²) in [6, 6.07) is 11.9. The lowest BCUT2D eigenvalue weighted by atomic mass is 9.72. The SMILES string of the molecule is O=C(Nc1cccnc1N1CCCC1)NC1(c2ccc(Br)cc2)CCC1. The molecule has 6 heteroatoms. The molecular weight excluding hydrogens is 392 g/mol. The standard InChI is InChI=1S/C20H23BrN4O/c21-16-8-6-15(7-9-16)20(10-4-11-20)24-19(26)23-17-5-3-12-22-18(17)25-13-1-2-14-25/h3,5-9,12H,1-2,4,10-11,13-14H2,(H2,23,24,26). The summed E-state index contributed by atoms with van der Waals surface area (Å²) in [4.78, 5) is 19.5. The molecule has 1 saturated heterocycles. The third-order valence-corrected chi connectivity index (χ3v) is 5.93. The van der Waals surface area contributed by atoms with E-state index in [1.165, 1.54) is 12.8 Å². The van der Waals surface area contributed by atoms with E-state index in [9.17, 15) is 4.79 Å². The van der Waals surface area contributed by atoms with Crippen molar-refractivity contribution in [3.05, 3.63) is 52.6 Å². The van der Waals surface area contributed by atoms with Gasteiger partial charge in [-0.1, -0.05) is 28.1 Å². The first-order chi connectivity index (χ1) is 12.7. The summed E-state index contributed by atoms with van der Waals surface area (Å²) >= 11 is 3.48. The predicted octanol–water partition coefficient (Wildman–Crippen LogP) is 4.65. The zero-order valence-corrected chi connectivity index (χ0v) is 16.3. The molecule has 1 aromatic carbocycles. The molecule has 1 saturated carbocycles. The van der Waals surface area contributed by atoms with Gasteiger partial charge in [-0.25, -0.2) is 9.78 Å². The Balaban J connectivity index is 1.49. The third-order valence-electron chi connectivity index (χ3n) is 5.40. The molecule has 1 aromatic heterocycles. The Morgan fingerprint density at radius 3 is 2.46 bits per heavy atom. The zero-order chi connectivity index (χ0) is 18.0. The lowest BCUT2D eigenvalue weighted by molar-refractivity contribution is 0.185. The Bertz CT molecular complexity index is 783. The maximum absolute atomic E-state index is 12.8. The molecule has 2 fully saturated rings. The van der Waals surface area contributed by atoms with Gasteiger partial charge in [0.1, 0.15) is 0 Å². The molecule has 0 unspecified atom stereocenters. The fourth-order valence-corrected chi connectivity index (χ4v) is 4.10. The van der Waals surface area contributed by atoms with E-state index in [1.54, 1.807) is 6.20 Å². The highest BCUT2D eigenvalue weighted by molar-refractivity contribution is 9.10. The number of pyridine rings is 1. The van der Waals surface area contributed by atoms with Crippen LogP contribution in [0.4, 0.5) is 16.3 Å². The molecule has 5 nitrogen and oxygen atoms in total. The Hall–Kier alpha value is -2.08. The van der Waals surface area contributed by atoms with Crippen molar-refractivity contribution in [2.75, 3.05) is 23.3 Å². The predicted molar refractivity (Wildman–Crippen MR) is 108 cm³/mol. The van der Waals surface area contributed by atoms with Crippen LogP contribution in [0.15, 0.2) is 47.1 Å². The summed E-state index contributed by atoms with van der Waals surface area (Å²) < 4.78 is 1.05. The Labute approximate surface area is 162 Å². The number of rotatable bonds is 4. The van der Waals surface area contributed by atoms with Crippen LogP contribution in [0.3, 0.4) is 0 Å². The first-order valence-corrected chi connectivity index (χ1v) is 10.0. The molecule has 0 bridgehead atoms. The van der Waals surface area contributed by atoms with Crippen LogP contribution in [0.1, 0.15) is 37.7 Å². The summed E-state index contributed by atoms with van der Waals surface area (Å²) in [6.07, 6.45) is 7.19. The third kappa shape index (κ3) is 3.43. The number of carbonyl (C=O) groups excluding carboxylic acids is 1. The number of halogens is 1. The van der Waals surface area contributed by atoms with Crippen molar-refractivity contribution in [1.82, 2.24) is 10.3 Å². The molecule has 26 heavy (non-hydrogen) atoms. The van der Waals surface area contributed by atoms with E-state index in [1.807, 2.05) is 24.3 Å². The second kappa shape index (κ2) is 7.27. The highest BCUT2D eigenvalue weighted by Gasteiger charge is 2.40. The van der Waals surface area contributed by atoms with E-state index < -0.39 is 0 Å². The van der Waals surface area contributed by atoms with Crippen molar-refractivity contribution >= 4 is 33.5 Å². The van der Waals surface area contributed by atoms with Crippen LogP contribution in [0, 0.1) is 0 Å². The number of amides is 2. The number of anilines is 2. The number of nitrogens with one attached hydrogen (secondary N) is 2. The number of hydrogen-bond donors (Lipinski definition) is 2. The average molecular weight is 415 g/mol. The minimum absolute atomic E-state index is 0.166. The van der Waals surface area contributed by atoms with Crippen LogP contribution in [0.2, 0.25) is 0 Å². The lowest BCUT2D eigenvalue weighted by Crippen LogP contribution is -2.52. The number of urea groups is 1. The molecule has 0 spiro atoms. The highest BCUT2D eigenvalue weighted by Crippen LogP contribution is 2.41. The van der Waals surface area contributed by atoms with E-state index in [4.69, 9.17) is 0 Å². The Morgan fingerprint density at radius 2 is 1.81 bits per heavy atom. The molecule has 2 heterocycles. The molecular formula is C20H23BrN4O. The fourth-order valence-electron chi connectivity index (χ4n) is 3.83. The number of aromatic nitrogens is 1. The van der Waals surface area contributed by atoms with E-state index in [2.05, 4.69) is 48.6 Å². The van der Waals surface area contributed by atoms with E-state index >= 15 is 0 Å². The van der Waals surface area contributed by atoms with Crippen molar-refractivity contribution in [3.63, 3.8) is 0 Å². The summed E-state index contributed by atoms with van der Waals surface area (Å²) in [5.74, 6) is 0.867. The largest absolute Gasteiger partial charge is 0.355 e. The number of carbonyl (C=O) groups is 1. The topological polar surface area (TPSA) is 57.3 Å². The van der Waals surface area contributed by atoms with Gasteiger partial charge in [-0.2, -0.15) is 0 Å². The monoisotopic (exact) mass is 414 g/mol. The summed E-state index contributed by atoms with van der Waals surface area (Å²) in [5.41, 5.74) is 1.67. The average Bonchev–Trinajstić information content (AvgIpc) is 3.14. The maximum atomic E-state index is 12.8. The molecule has 2 aromatic rings. The van der Waals surface area contributed by atoms with Gasteiger partial charge in [-0.3, -0.25) is 0 Å². The molecule has 2 amide bonds. The van der Waals surface area contributed by atoms with E-state index in [0.717, 1.165) is 53.9 Å². The van der Waals surface area contributed by atoms with Gasteiger partial charge in [-0.15, -0.1) is 0 Å². The summed E-state index contributed by atoms with van der Waals surface area (Å²) in [7, 11) is 0. The Kier molecular flexibility index (Phi) is 4.85. The minimum Gasteiger partial charge on any atom is -0.355 e. The molecule has 1 aliphatic carbocycles. The van der Waals surface area contributed by atoms with Gasteiger partial charge in [0.2, 0.25) is 0 Å². The zero-order valence-electron chi connectivity index (χ0n) is 14.7. The fraction of sp³-hybridized carbons (Fsp3) is 0.400. The number of nitrogens with zero attached hydrogens (tertiary/aromatic N) is 2. The van der Waals surface area contributed by atoms with Gasteiger partial charge in [0, 0.05) is 23.8 Å². The smallest absolute Gasteiger partial charge is 0.320 e. The maximum Gasteiger partial charge on any atom is 0.320 e. The van der Waals surface area contributed by atoms with Crippen LogP contribution in [-0.4, -0.2) is 24.1 Å². The van der Waals surface area contributed by atoms with Gasteiger partial charge in [0.25, 0.3) is 0 Å². The van der Waals surface area contributed by atoms with Crippen molar-refractivity contribution < 1.29 is 4.79 Å². The first kappa shape index (κ1) is 17.3. The van der Waals surface area contributed by atoms with Gasteiger partial charge in [0.05, 0.1) is 11.2 Å². The molecule has 136 valence electrons. The normalized spacial score (nSPS) is 18.3. The molecule has 4 rings (SSSR count). The Morgan fingerprint density at radius 1 is 1.08 bits per heavy atom. The van der Waals surface area contributed by atoms with Crippen molar-refractivity contribution in [3.8, 4) is 0 Å². The molecule has 2 N–H and O–H groups in total. The van der Waals surface area contributed by atoms with Gasteiger partial charge in [0.15, 0.2) is 5.82 Å². The van der Waals surface area contributed by atoms with Crippen LogP contribution < -0.4 is 15.5 Å². The summed E-state index contributed by atoms with van der Waals surface area (Å²) in [5, 5.41) is 6.25. The van der Waals surface area contributed by atoms with Crippen LogP contribution in [-0.2, 0) is 5.54 Å². The second-order valence-electron chi connectivity index (χ2n) is 7.09. The molecule has 2 aliphatic rings. The second-order valence-corrected chi connectivity index (χ2v) is 8.01. The lowest BCUT2D eigenvalue weighted by Gasteiger charge is -2.43. The van der Waals surface area contributed by atoms with Crippen LogP contribution in [0.5, 0.6) is 0 Å². The van der Waals surface area contributed by atoms with Crippen molar-refractivity contribution in [2.24, 2.45) is 0 Å². The number of hydrogen-bond acceptors (Lipinski definition) is 3. The van der Waals surface area contributed by atoms with Crippen LogP contribution >= 0.6 is 15.9 Å². The van der Waals surface area contributed by atoms with Gasteiger partial charge >= 0.3 is 6.03 Å². The summed E-state index contributed by atoms with van der Waals surface area (Å²) in [6.45, 7) is 1.99. The molecule has 0 radical (unpaired) electrons. The van der Waals surface area contributed by atoms with Gasteiger partial charge < -0.3 is 15.5 Å². The molecule has 0 atom stereocenters. The number of benzene rings is 1. The first-order valence-electron chi connectivity index (χ1n) is 9.21.